The number of thioether (sulfide) groups is 1. The number of para-hydroxylation sites is 1. The summed E-state index contributed by atoms with van der Waals surface area (Å²) in [6.45, 7) is 4.20. The van der Waals surface area contributed by atoms with Crippen molar-refractivity contribution in [3.05, 3.63) is 34.4 Å². The molecule has 1 aromatic carbocycles. The van der Waals surface area contributed by atoms with E-state index in [4.69, 9.17) is 5.73 Å². The summed E-state index contributed by atoms with van der Waals surface area (Å²) in [6, 6.07) is 6.86. The van der Waals surface area contributed by atoms with Crippen LogP contribution in [-0.2, 0) is 0 Å². The number of nitro benzene ring substituents is 1. The van der Waals surface area contributed by atoms with Crippen molar-refractivity contribution in [2.75, 3.05) is 5.75 Å². The molecule has 17 heavy (non-hydrogen) atoms. The molecule has 0 bridgehead atoms. The van der Waals surface area contributed by atoms with Gasteiger partial charge in [-0.1, -0.05) is 32.4 Å². The highest BCUT2D eigenvalue weighted by Crippen LogP contribution is 2.29. The van der Waals surface area contributed by atoms with E-state index < -0.39 is 0 Å². The van der Waals surface area contributed by atoms with Gasteiger partial charge in [-0.05, 0) is 12.0 Å². The number of hydrogen-bond donors (Lipinski definition) is 1. The second kappa shape index (κ2) is 6.61. The number of benzene rings is 1. The molecule has 5 heteroatoms. The van der Waals surface area contributed by atoms with Crippen LogP contribution in [0.15, 0.2) is 29.2 Å². The Labute approximate surface area is 106 Å². The number of hydrogen-bond acceptors (Lipinski definition) is 4. The predicted molar refractivity (Wildman–Crippen MR) is 71.3 cm³/mol. The molecule has 0 heterocycles. The minimum atomic E-state index is -0.350. The molecule has 0 spiro atoms. The minimum Gasteiger partial charge on any atom is -0.327 e. The maximum Gasteiger partial charge on any atom is 0.282 e. The molecule has 0 amide bonds. The van der Waals surface area contributed by atoms with Gasteiger partial charge in [-0.15, -0.1) is 11.8 Å². The Hall–Kier alpha value is -1.07. The molecule has 4 nitrogen and oxygen atoms in total. The first-order valence-corrected chi connectivity index (χ1v) is 6.66. The van der Waals surface area contributed by atoms with Gasteiger partial charge in [0.2, 0.25) is 0 Å². The standard InChI is InChI=1S/C12H18N2O2S/c1-3-9(2)10(13)8-17-12-7-5-4-6-11(12)14(15)16/h4-7,9-10H,3,8,13H2,1-2H3. The fourth-order valence-electron chi connectivity index (χ4n) is 1.38. The largest absolute Gasteiger partial charge is 0.327 e. The van der Waals surface area contributed by atoms with Crippen molar-refractivity contribution in [3.8, 4) is 0 Å². The highest BCUT2D eigenvalue weighted by Gasteiger charge is 2.16. The Balaban J connectivity index is 2.66. The lowest BCUT2D eigenvalue weighted by Crippen LogP contribution is -2.30. The topological polar surface area (TPSA) is 69.2 Å². The molecule has 0 aliphatic heterocycles. The van der Waals surface area contributed by atoms with E-state index in [0.717, 1.165) is 6.42 Å². The molecule has 0 radical (unpaired) electrons. The van der Waals surface area contributed by atoms with E-state index in [1.165, 1.54) is 17.8 Å². The van der Waals surface area contributed by atoms with Gasteiger partial charge in [-0.2, -0.15) is 0 Å². The van der Waals surface area contributed by atoms with Crippen molar-refractivity contribution < 1.29 is 4.92 Å². The average Bonchev–Trinajstić information content (AvgIpc) is 2.35. The van der Waals surface area contributed by atoms with Gasteiger partial charge in [0.05, 0.1) is 9.82 Å². The van der Waals surface area contributed by atoms with Crippen molar-refractivity contribution in [1.82, 2.24) is 0 Å². The van der Waals surface area contributed by atoms with Crippen LogP contribution < -0.4 is 5.73 Å². The van der Waals surface area contributed by atoms with E-state index >= 15 is 0 Å². The molecule has 0 aromatic heterocycles. The zero-order valence-electron chi connectivity index (χ0n) is 10.1. The number of nitrogens with zero attached hydrogens (tertiary/aromatic N) is 1. The quantitative estimate of drug-likeness (QED) is 0.481. The van der Waals surface area contributed by atoms with Gasteiger partial charge in [0.1, 0.15) is 0 Å². The fourth-order valence-corrected chi connectivity index (χ4v) is 2.55. The minimum absolute atomic E-state index is 0.0739. The Morgan fingerprint density at radius 2 is 2.12 bits per heavy atom. The Morgan fingerprint density at radius 1 is 1.47 bits per heavy atom. The first-order valence-electron chi connectivity index (χ1n) is 5.68. The molecule has 0 fully saturated rings. The van der Waals surface area contributed by atoms with Crippen molar-refractivity contribution in [2.24, 2.45) is 11.7 Å². The summed E-state index contributed by atoms with van der Waals surface area (Å²) in [5.74, 6) is 1.14. The van der Waals surface area contributed by atoms with Crippen molar-refractivity contribution in [3.63, 3.8) is 0 Å². The summed E-state index contributed by atoms with van der Waals surface area (Å²) in [7, 11) is 0. The van der Waals surface area contributed by atoms with Crippen LogP contribution in [0.5, 0.6) is 0 Å². The molecule has 94 valence electrons. The molecule has 2 N–H and O–H groups in total. The third-order valence-electron chi connectivity index (χ3n) is 2.87. The van der Waals surface area contributed by atoms with Gasteiger partial charge in [-0.25, -0.2) is 0 Å². The van der Waals surface area contributed by atoms with Crippen LogP contribution in [0.1, 0.15) is 20.3 Å². The van der Waals surface area contributed by atoms with Crippen LogP contribution >= 0.6 is 11.8 Å². The molecule has 2 unspecified atom stereocenters. The third-order valence-corrected chi connectivity index (χ3v) is 4.08. The van der Waals surface area contributed by atoms with E-state index in [-0.39, 0.29) is 16.7 Å². The SMILES string of the molecule is CCC(C)C(N)CSc1ccccc1[N+](=O)[O-]. The number of rotatable bonds is 6. The molecule has 0 aliphatic carbocycles. The monoisotopic (exact) mass is 254 g/mol. The van der Waals surface area contributed by atoms with Crippen LogP contribution in [0.2, 0.25) is 0 Å². The van der Waals surface area contributed by atoms with Gasteiger partial charge in [0.25, 0.3) is 5.69 Å². The van der Waals surface area contributed by atoms with Crippen LogP contribution in [-0.4, -0.2) is 16.7 Å². The highest BCUT2D eigenvalue weighted by atomic mass is 32.2. The highest BCUT2D eigenvalue weighted by molar-refractivity contribution is 7.99. The summed E-state index contributed by atoms with van der Waals surface area (Å²) >= 11 is 1.46. The Kier molecular flexibility index (Phi) is 5.44. The van der Waals surface area contributed by atoms with Crippen molar-refractivity contribution >= 4 is 17.4 Å². The van der Waals surface area contributed by atoms with Crippen molar-refractivity contribution in [1.29, 1.82) is 0 Å². The zero-order chi connectivity index (χ0) is 12.8. The summed E-state index contributed by atoms with van der Waals surface area (Å²) in [5.41, 5.74) is 6.17. The average molecular weight is 254 g/mol. The lowest BCUT2D eigenvalue weighted by atomic mass is 10.0. The van der Waals surface area contributed by atoms with Gasteiger partial charge in [0, 0.05) is 17.9 Å². The van der Waals surface area contributed by atoms with Crippen LogP contribution in [0.4, 0.5) is 5.69 Å². The predicted octanol–water partition coefficient (Wildman–Crippen LogP) is 3.06. The second-order valence-electron chi connectivity index (χ2n) is 4.09. The van der Waals surface area contributed by atoms with E-state index in [9.17, 15) is 10.1 Å². The summed E-state index contributed by atoms with van der Waals surface area (Å²) < 4.78 is 0. The van der Waals surface area contributed by atoms with Gasteiger partial charge >= 0.3 is 0 Å². The number of nitrogens with two attached hydrogens (primary N) is 1. The third kappa shape index (κ3) is 4.02. The summed E-state index contributed by atoms with van der Waals surface area (Å²) in [5, 5.41) is 10.8. The van der Waals surface area contributed by atoms with Crippen LogP contribution in [0.3, 0.4) is 0 Å². The Bertz CT molecular complexity index is 385. The second-order valence-corrected chi connectivity index (χ2v) is 5.15. The maximum absolute atomic E-state index is 10.8. The summed E-state index contributed by atoms with van der Waals surface area (Å²) in [6.07, 6.45) is 1.03. The lowest BCUT2D eigenvalue weighted by Gasteiger charge is -2.17. The van der Waals surface area contributed by atoms with Gasteiger partial charge < -0.3 is 5.73 Å². The van der Waals surface area contributed by atoms with E-state index in [1.54, 1.807) is 12.1 Å². The molecule has 1 aromatic rings. The fraction of sp³-hybridized carbons (Fsp3) is 0.500. The van der Waals surface area contributed by atoms with Gasteiger partial charge in [-0.3, -0.25) is 10.1 Å². The zero-order valence-corrected chi connectivity index (χ0v) is 10.9. The van der Waals surface area contributed by atoms with E-state index in [0.29, 0.717) is 16.6 Å². The van der Waals surface area contributed by atoms with E-state index in [1.807, 2.05) is 6.07 Å². The van der Waals surface area contributed by atoms with Crippen molar-refractivity contribution in [2.45, 2.75) is 31.2 Å². The van der Waals surface area contributed by atoms with Crippen LogP contribution in [0.25, 0.3) is 0 Å². The normalized spacial score (nSPS) is 14.3. The molecule has 1 rings (SSSR count). The smallest absolute Gasteiger partial charge is 0.282 e. The Morgan fingerprint density at radius 3 is 2.71 bits per heavy atom. The first-order chi connectivity index (χ1) is 8.06. The first kappa shape index (κ1) is 14.0. The number of nitro groups is 1. The molecule has 0 aliphatic rings. The molecule has 0 saturated heterocycles. The summed E-state index contributed by atoms with van der Waals surface area (Å²) in [4.78, 5) is 11.2. The molecule has 0 saturated carbocycles. The van der Waals surface area contributed by atoms with E-state index in [2.05, 4.69) is 13.8 Å². The van der Waals surface area contributed by atoms with Crippen LogP contribution in [0, 0.1) is 16.0 Å². The van der Waals surface area contributed by atoms with Gasteiger partial charge in [0.15, 0.2) is 0 Å². The molecular weight excluding hydrogens is 236 g/mol. The molecular formula is C12H18N2O2S. The molecule has 2 atom stereocenters. The maximum atomic E-state index is 10.8. The lowest BCUT2D eigenvalue weighted by molar-refractivity contribution is -0.387.